The minimum absolute atomic E-state index is 0.108. The van der Waals surface area contributed by atoms with E-state index < -0.39 is 0 Å². The SMILES string of the molecule is COC(C)(C)CCOCCC(N)=S. The molecule has 0 heterocycles. The maximum absolute atomic E-state index is 5.33. The van der Waals surface area contributed by atoms with Gasteiger partial charge in [0.05, 0.1) is 17.2 Å². The molecule has 3 nitrogen and oxygen atoms in total. The molecule has 0 aliphatic carbocycles. The van der Waals surface area contributed by atoms with E-state index in [1.807, 2.05) is 13.8 Å². The molecule has 0 aromatic heterocycles. The number of rotatable bonds is 7. The average molecular weight is 205 g/mol. The molecular weight excluding hydrogens is 186 g/mol. The third kappa shape index (κ3) is 8.15. The lowest BCUT2D eigenvalue weighted by Crippen LogP contribution is -2.24. The van der Waals surface area contributed by atoms with Gasteiger partial charge in [-0.25, -0.2) is 0 Å². The highest BCUT2D eigenvalue weighted by atomic mass is 32.1. The van der Waals surface area contributed by atoms with Crippen molar-refractivity contribution in [3.8, 4) is 0 Å². The molecule has 13 heavy (non-hydrogen) atoms. The second-order valence-electron chi connectivity index (χ2n) is 3.54. The van der Waals surface area contributed by atoms with Crippen molar-refractivity contribution in [2.45, 2.75) is 32.3 Å². The summed E-state index contributed by atoms with van der Waals surface area (Å²) in [5.74, 6) is 0. The van der Waals surface area contributed by atoms with Crippen molar-refractivity contribution in [2.75, 3.05) is 20.3 Å². The fourth-order valence-electron chi connectivity index (χ4n) is 0.695. The Kier molecular flexibility index (Phi) is 6.20. The van der Waals surface area contributed by atoms with Gasteiger partial charge in [0.1, 0.15) is 0 Å². The number of hydrogen-bond donors (Lipinski definition) is 1. The van der Waals surface area contributed by atoms with E-state index in [0.29, 0.717) is 24.6 Å². The maximum atomic E-state index is 5.33. The number of nitrogens with two attached hydrogens (primary N) is 1. The van der Waals surface area contributed by atoms with Crippen molar-refractivity contribution in [2.24, 2.45) is 5.73 Å². The molecule has 0 radical (unpaired) electrons. The van der Waals surface area contributed by atoms with Crippen molar-refractivity contribution in [3.63, 3.8) is 0 Å². The summed E-state index contributed by atoms with van der Waals surface area (Å²) in [6.45, 7) is 5.35. The van der Waals surface area contributed by atoms with Crippen LogP contribution in [0.3, 0.4) is 0 Å². The minimum atomic E-state index is -0.108. The summed E-state index contributed by atoms with van der Waals surface area (Å²) < 4.78 is 10.6. The van der Waals surface area contributed by atoms with Crippen LogP contribution in [0.1, 0.15) is 26.7 Å². The Morgan fingerprint density at radius 3 is 2.46 bits per heavy atom. The minimum Gasteiger partial charge on any atom is -0.393 e. The van der Waals surface area contributed by atoms with Crippen molar-refractivity contribution in [3.05, 3.63) is 0 Å². The molecule has 4 heteroatoms. The molecule has 0 aliphatic rings. The molecule has 0 aromatic rings. The fourth-order valence-corrected chi connectivity index (χ4v) is 0.778. The molecule has 0 fully saturated rings. The normalized spacial score (nSPS) is 11.6. The summed E-state index contributed by atoms with van der Waals surface area (Å²) in [4.78, 5) is 0.506. The van der Waals surface area contributed by atoms with Gasteiger partial charge in [-0.15, -0.1) is 0 Å². The molecule has 0 bridgehead atoms. The van der Waals surface area contributed by atoms with Gasteiger partial charge in [0.15, 0.2) is 0 Å². The molecule has 0 aliphatic heterocycles. The van der Waals surface area contributed by atoms with Gasteiger partial charge in [-0.05, 0) is 20.3 Å². The standard InChI is InChI=1S/C9H19NO2S/c1-9(2,11-3)5-7-12-6-4-8(10)13/h4-7H2,1-3H3,(H2,10,13). The summed E-state index contributed by atoms with van der Waals surface area (Å²) in [5, 5.41) is 0. The second-order valence-corrected chi connectivity index (χ2v) is 4.07. The molecule has 0 rings (SSSR count). The highest BCUT2D eigenvalue weighted by Crippen LogP contribution is 2.12. The van der Waals surface area contributed by atoms with Crippen LogP contribution in [0.25, 0.3) is 0 Å². The van der Waals surface area contributed by atoms with Crippen molar-refractivity contribution >= 4 is 17.2 Å². The molecule has 2 N–H and O–H groups in total. The van der Waals surface area contributed by atoms with Crippen LogP contribution in [0.15, 0.2) is 0 Å². The largest absolute Gasteiger partial charge is 0.393 e. The van der Waals surface area contributed by atoms with Crippen LogP contribution in [0.5, 0.6) is 0 Å². The van der Waals surface area contributed by atoms with Gasteiger partial charge < -0.3 is 15.2 Å². The van der Waals surface area contributed by atoms with Crippen molar-refractivity contribution in [1.82, 2.24) is 0 Å². The highest BCUT2D eigenvalue weighted by Gasteiger charge is 2.15. The number of methoxy groups -OCH3 is 1. The molecular formula is C9H19NO2S. The predicted molar refractivity (Wildman–Crippen MR) is 57.9 cm³/mol. The van der Waals surface area contributed by atoms with Crippen LogP contribution in [0.4, 0.5) is 0 Å². The third-order valence-electron chi connectivity index (χ3n) is 1.89. The lowest BCUT2D eigenvalue weighted by Gasteiger charge is -2.22. The van der Waals surface area contributed by atoms with Gasteiger partial charge in [-0.1, -0.05) is 12.2 Å². The van der Waals surface area contributed by atoms with E-state index in [2.05, 4.69) is 0 Å². The van der Waals surface area contributed by atoms with E-state index in [1.54, 1.807) is 7.11 Å². The molecule has 0 unspecified atom stereocenters. The van der Waals surface area contributed by atoms with Crippen LogP contribution in [-0.2, 0) is 9.47 Å². The van der Waals surface area contributed by atoms with Crippen LogP contribution in [-0.4, -0.2) is 30.9 Å². The Balaban J connectivity index is 3.30. The van der Waals surface area contributed by atoms with Crippen LogP contribution in [0.2, 0.25) is 0 Å². The van der Waals surface area contributed by atoms with Crippen molar-refractivity contribution in [1.29, 1.82) is 0 Å². The van der Waals surface area contributed by atoms with Gasteiger partial charge in [-0.2, -0.15) is 0 Å². The Morgan fingerprint density at radius 2 is 2.00 bits per heavy atom. The number of thiocarbonyl (C=S) groups is 1. The zero-order valence-corrected chi connectivity index (χ0v) is 9.45. The number of ether oxygens (including phenoxy) is 2. The Morgan fingerprint density at radius 1 is 1.38 bits per heavy atom. The first kappa shape index (κ1) is 12.8. The molecule has 78 valence electrons. The zero-order chi connectivity index (χ0) is 10.3. The number of hydrogen-bond acceptors (Lipinski definition) is 3. The molecule has 0 spiro atoms. The van der Waals surface area contributed by atoms with Crippen LogP contribution < -0.4 is 5.73 Å². The molecule has 0 atom stereocenters. The Hall–Kier alpha value is -0.190. The van der Waals surface area contributed by atoms with Crippen LogP contribution >= 0.6 is 12.2 Å². The first-order valence-electron chi connectivity index (χ1n) is 4.39. The summed E-state index contributed by atoms with van der Waals surface area (Å²) in [7, 11) is 1.70. The molecule has 0 saturated carbocycles. The van der Waals surface area contributed by atoms with E-state index in [0.717, 1.165) is 6.42 Å². The Labute approximate surface area is 85.6 Å². The van der Waals surface area contributed by atoms with Gasteiger partial charge in [0.25, 0.3) is 0 Å². The van der Waals surface area contributed by atoms with E-state index in [1.165, 1.54) is 0 Å². The Bertz CT molecular complexity index is 160. The zero-order valence-electron chi connectivity index (χ0n) is 8.63. The van der Waals surface area contributed by atoms with Crippen LogP contribution in [0, 0.1) is 0 Å². The van der Waals surface area contributed by atoms with E-state index in [4.69, 9.17) is 27.4 Å². The van der Waals surface area contributed by atoms with Gasteiger partial charge in [0.2, 0.25) is 0 Å². The third-order valence-corrected chi connectivity index (χ3v) is 2.10. The second kappa shape index (κ2) is 6.29. The fraction of sp³-hybridized carbons (Fsp3) is 0.889. The quantitative estimate of drug-likeness (QED) is 0.505. The summed E-state index contributed by atoms with van der Waals surface area (Å²) in [5.41, 5.74) is 5.21. The van der Waals surface area contributed by atoms with E-state index in [9.17, 15) is 0 Å². The summed E-state index contributed by atoms with van der Waals surface area (Å²) in [6, 6.07) is 0. The van der Waals surface area contributed by atoms with Gasteiger partial charge in [-0.3, -0.25) is 0 Å². The maximum Gasteiger partial charge on any atom is 0.0750 e. The first-order valence-corrected chi connectivity index (χ1v) is 4.80. The lowest BCUT2D eigenvalue weighted by molar-refractivity contribution is -0.00891. The molecule has 0 saturated heterocycles. The van der Waals surface area contributed by atoms with E-state index in [-0.39, 0.29) is 5.60 Å². The summed E-state index contributed by atoms with van der Waals surface area (Å²) >= 11 is 4.71. The molecule has 0 amide bonds. The van der Waals surface area contributed by atoms with E-state index >= 15 is 0 Å². The van der Waals surface area contributed by atoms with Gasteiger partial charge >= 0.3 is 0 Å². The topological polar surface area (TPSA) is 44.5 Å². The summed E-state index contributed by atoms with van der Waals surface area (Å²) in [6.07, 6.45) is 1.53. The smallest absolute Gasteiger partial charge is 0.0750 e. The highest BCUT2D eigenvalue weighted by molar-refractivity contribution is 7.80. The predicted octanol–water partition coefficient (Wildman–Crippen LogP) is 1.49. The molecule has 0 aromatic carbocycles. The average Bonchev–Trinajstić information content (AvgIpc) is 2.03. The van der Waals surface area contributed by atoms with Crippen molar-refractivity contribution < 1.29 is 9.47 Å². The lowest BCUT2D eigenvalue weighted by atomic mass is 10.1. The monoisotopic (exact) mass is 205 g/mol. The first-order chi connectivity index (χ1) is 5.98. The van der Waals surface area contributed by atoms with Gasteiger partial charge in [0, 0.05) is 20.1 Å².